The monoisotopic (exact) mass is 328 g/mol. The first-order chi connectivity index (χ1) is 8.81. The summed E-state index contributed by atoms with van der Waals surface area (Å²) in [4.78, 5) is 1.42. The quantitative estimate of drug-likeness (QED) is 0.808. The highest BCUT2D eigenvalue weighted by Gasteiger charge is 2.32. The number of nitrogens with one attached hydrogen (secondary N) is 2. The fraction of sp³-hybridized carbons (Fsp3) is 0.714. The van der Waals surface area contributed by atoms with Crippen LogP contribution in [0.1, 0.15) is 37.0 Å². The van der Waals surface area contributed by atoms with Crippen molar-refractivity contribution in [2.24, 2.45) is 5.92 Å². The van der Waals surface area contributed by atoms with Gasteiger partial charge in [0.15, 0.2) is 0 Å². The lowest BCUT2D eigenvalue weighted by atomic mass is 9.90. The lowest BCUT2D eigenvalue weighted by Crippen LogP contribution is -2.38. The largest absolute Gasteiger partial charge is 0.312 e. The zero-order valence-electron chi connectivity index (χ0n) is 10.6. The van der Waals surface area contributed by atoms with Gasteiger partial charge in [0.25, 0.3) is 0 Å². The number of rotatable bonds is 5. The van der Waals surface area contributed by atoms with Gasteiger partial charge in [-0.2, -0.15) is 0 Å². The van der Waals surface area contributed by atoms with E-state index in [9.17, 15) is 0 Å². The van der Waals surface area contributed by atoms with E-state index < -0.39 is 0 Å². The van der Waals surface area contributed by atoms with E-state index in [0.29, 0.717) is 0 Å². The molecule has 2 aliphatic rings. The second kappa shape index (κ2) is 6.04. The second-order valence-corrected chi connectivity index (χ2v) is 7.49. The Kier molecular flexibility index (Phi) is 4.39. The van der Waals surface area contributed by atoms with Crippen LogP contribution >= 0.6 is 27.3 Å². The summed E-state index contributed by atoms with van der Waals surface area (Å²) in [6.07, 6.45) is 6.98. The first kappa shape index (κ1) is 13.1. The number of piperidine rings is 1. The summed E-state index contributed by atoms with van der Waals surface area (Å²) in [5.41, 5.74) is 0. The van der Waals surface area contributed by atoms with Gasteiger partial charge >= 0.3 is 0 Å². The van der Waals surface area contributed by atoms with Crippen molar-refractivity contribution in [1.82, 2.24) is 10.6 Å². The standard InChI is InChI=1S/C14H21BrN2S/c15-13-4-6-18-14(13)9-16-5-3-10-7-11-1-2-12(8-10)17-11/h4,6,10-12,16-17H,1-3,5,7-9H2. The molecule has 0 spiro atoms. The Morgan fingerprint density at radius 2 is 2.11 bits per heavy atom. The fourth-order valence-electron chi connectivity index (χ4n) is 3.37. The lowest BCUT2D eigenvalue weighted by molar-refractivity contribution is 0.283. The molecule has 18 heavy (non-hydrogen) atoms. The predicted molar refractivity (Wildman–Crippen MR) is 81.0 cm³/mol. The van der Waals surface area contributed by atoms with Gasteiger partial charge in [-0.15, -0.1) is 11.3 Å². The van der Waals surface area contributed by atoms with Crippen molar-refractivity contribution in [3.05, 3.63) is 20.8 Å². The Morgan fingerprint density at radius 1 is 1.33 bits per heavy atom. The van der Waals surface area contributed by atoms with Crippen LogP contribution in [-0.4, -0.2) is 18.6 Å². The van der Waals surface area contributed by atoms with Gasteiger partial charge in [0.1, 0.15) is 0 Å². The molecule has 3 heterocycles. The Morgan fingerprint density at radius 3 is 2.78 bits per heavy atom. The summed E-state index contributed by atoms with van der Waals surface area (Å²) in [5, 5.41) is 9.45. The van der Waals surface area contributed by atoms with Crippen molar-refractivity contribution in [1.29, 1.82) is 0 Å². The Hall–Kier alpha value is 0.1000. The fourth-order valence-corrected chi connectivity index (χ4v) is 4.83. The number of hydrogen-bond acceptors (Lipinski definition) is 3. The van der Waals surface area contributed by atoms with Gasteiger partial charge in [-0.25, -0.2) is 0 Å². The van der Waals surface area contributed by atoms with Crippen LogP contribution in [0.2, 0.25) is 0 Å². The van der Waals surface area contributed by atoms with Gasteiger partial charge < -0.3 is 10.6 Å². The highest BCUT2D eigenvalue weighted by molar-refractivity contribution is 9.10. The Bertz CT molecular complexity index is 381. The highest BCUT2D eigenvalue weighted by Crippen LogP contribution is 2.32. The van der Waals surface area contributed by atoms with E-state index in [1.807, 2.05) is 11.3 Å². The minimum atomic E-state index is 0.834. The molecular formula is C14H21BrN2S. The molecule has 2 unspecified atom stereocenters. The first-order valence-electron chi connectivity index (χ1n) is 7.00. The van der Waals surface area contributed by atoms with Gasteiger partial charge in [-0.1, -0.05) is 0 Å². The van der Waals surface area contributed by atoms with Crippen molar-refractivity contribution in [2.75, 3.05) is 6.54 Å². The molecule has 2 saturated heterocycles. The van der Waals surface area contributed by atoms with E-state index in [0.717, 1.165) is 31.1 Å². The lowest BCUT2D eigenvalue weighted by Gasteiger charge is -2.29. The minimum absolute atomic E-state index is 0.834. The van der Waals surface area contributed by atoms with E-state index >= 15 is 0 Å². The van der Waals surface area contributed by atoms with Crippen LogP contribution in [0.15, 0.2) is 15.9 Å². The summed E-state index contributed by atoms with van der Waals surface area (Å²) in [7, 11) is 0. The summed E-state index contributed by atoms with van der Waals surface area (Å²) in [5.74, 6) is 0.947. The van der Waals surface area contributed by atoms with Crippen LogP contribution in [0.3, 0.4) is 0 Å². The molecule has 2 fully saturated rings. The van der Waals surface area contributed by atoms with E-state index in [2.05, 4.69) is 38.0 Å². The van der Waals surface area contributed by atoms with Crippen LogP contribution in [0.4, 0.5) is 0 Å². The zero-order valence-corrected chi connectivity index (χ0v) is 13.0. The summed E-state index contributed by atoms with van der Waals surface area (Å²) >= 11 is 5.41. The molecule has 2 N–H and O–H groups in total. The molecule has 1 aromatic heterocycles. The average molecular weight is 329 g/mol. The molecule has 2 nitrogen and oxygen atoms in total. The predicted octanol–water partition coefficient (Wildman–Crippen LogP) is 3.52. The topological polar surface area (TPSA) is 24.1 Å². The number of fused-ring (bicyclic) bond motifs is 2. The van der Waals surface area contributed by atoms with Gasteiger partial charge in [-0.05, 0) is 71.9 Å². The van der Waals surface area contributed by atoms with Gasteiger partial charge in [0, 0.05) is 28.0 Å². The molecule has 2 aliphatic heterocycles. The van der Waals surface area contributed by atoms with Crippen LogP contribution in [0.25, 0.3) is 0 Å². The summed E-state index contributed by atoms with van der Waals surface area (Å²) < 4.78 is 1.25. The van der Waals surface area contributed by atoms with Crippen LogP contribution in [-0.2, 0) is 6.54 Å². The molecule has 0 aromatic carbocycles. The van der Waals surface area contributed by atoms with Gasteiger partial charge in [0.2, 0.25) is 0 Å². The SMILES string of the molecule is Brc1ccsc1CNCCC1CC2CCC(C1)N2. The van der Waals surface area contributed by atoms with Crippen molar-refractivity contribution in [3.8, 4) is 0 Å². The molecule has 2 bridgehead atoms. The van der Waals surface area contributed by atoms with Crippen molar-refractivity contribution in [3.63, 3.8) is 0 Å². The van der Waals surface area contributed by atoms with Crippen LogP contribution in [0.5, 0.6) is 0 Å². The third kappa shape index (κ3) is 3.16. The maximum Gasteiger partial charge on any atom is 0.0327 e. The third-order valence-electron chi connectivity index (χ3n) is 4.28. The molecule has 1 aromatic rings. The Labute approximate surface area is 122 Å². The van der Waals surface area contributed by atoms with E-state index in [1.165, 1.54) is 41.5 Å². The van der Waals surface area contributed by atoms with Crippen molar-refractivity contribution >= 4 is 27.3 Å². The highest BCUT2D eigenvalue weighted by atomic mass is 79.9. The molecule has 0 aliphatic carbocycles. The summed E-state index contributed by atoms with van der Waals surface area (Å²) in [6.45, 7) is 2.17. The molecule has 4 heteroatoms. The summed E-state index contributed by atoms with van der Waals surface area (Å²) in [6, 6.07) is 3.80. The first-order valence-corrected chi connectivity index (χ1v) is 8.67. The maximum atomic E-state index is 3.72. The Balaban J connectivity index is 1.36. The molecule has 0 amide bonds. The minimum Gasteiger partial charge on any atom is -0.312 e. The van der Waals surface area contributed by atoms with Crippen LogP contribution in [0, 0.1) is 5.92 Å². The second-order valence-electron chi connectivity index (χ2n) is 5.63. The molecule has 0 saturated carbocycles. The van der Waals surface area contributed by atoms with E-state index in [-0.39, 0.29) is 0 Å². The maximum absolute atomic E-state index is 3.72. The smallest absolute Gasteiger partial charge is 0.0327 e. The molecule has 100 valence electrons. The van der Waals surface area contributed by atoms with Gasteiger partial charge in [0.05, 0.1) is 0 Å². The molecule has 0 radical (unpaired) electrons. The van der Waals surface area contributed by atoms with Gasteiger partial charge in [-0.3, -0.25) is 0 Å². The third-order valence-corrected chi connectivity index (χ3v) is 6.20. The average Bonchev–Trinajstić information content (AvgIpc) is 2.92. The van der Waals surface area contributed by atoms with E-state index in [1.54, 1.807) is 0 Å². The normalized spacial score (nSPS) is 30.8. The van der Waals surface area contributed by atoms with Crippen molar-refractivity contribution in [2.45, 2.75) is 50.7 Å². The number of halogens is 1. The van der Waals surface area contributed by atoms with E-state index in [4.69, 9.17) is 0 Å². The van der Waals surface area contributed by atoms with Crippen LogP contribution < -0.4 is 10.6 Å². The molecular weight excluding hydrogens is 308 g/mol. The zero-order chi connectivity index (χ0) is 12.4. The molecule has 3 rings (SSSR count). The number of hydrogen-bond donors (Lipinski definition) is 2. The molecule has 2 atom stereocenters. The van der Waals surface area contributed by atoms with Crippen molar-refractivity contribution < 1.29 is 0 Å². The number of thiophene rings is 1.